The van der Waals surface area contributed by atoms with E-state index < -0.39 is 0 Å². The average Bonchev–Trinajstić information content (AvgIpc) is 2.29. The van der Waals surface area contributed by atoms with Crippen LogP contribution < -0.4 is 10.1 Å². The monoisotopic (exact) mass is 208 g/mol. The van der Waals surface area contributed by atoms with Crippen molar-refractivity contribution in [1.29, 1.82) is 0 Å². The van der Waals surface area contributed by atoms with E-state index in [1.165, 1.54) is 0 Å². The summed E-state index contributed by atoms with van der Waals surface area (Å²) in [5, 5.41) is 2.79. The zero-order valence-corrected chi connectivity index (χ0v) is 9.28. The SMILES string of the molecule is CCC(C)C(=O)Nc1ccc(OC)nc1. The molecule has 82 valence electrons. The van der Waals surface area contributed by atoms with Gasteiger partial charge in [0, 0.05) is 12.0 Å². The Morgan fingerprint density at radius 1 is 1.60 bits per heavy atom. The predicted molar refractivity (Wildman–Crippen MR) is 58.9 cm³/mol. The van der Waals surface area contributed by atoms with Crippen LogP contribution in [0.2, 0.25) is 0 Å². The number of methoxy groups -OCH3 is 1. The van der Waals surface area contributed by atoms with Gasteiger partial charge in [0.15, 0.2) is 0 Å². The van der Waals surface area contributed by atoms with E-state index in [-0.39, 0.29) is 11.8 Å². The fourth-order valence-electron chi connectivity index (χ4n) is 1.03. The van der Waals surface area contributed by atoms with Crippen molar-refractivity contribution in [3.05, 3.63) is 18.3 Å². The van der Waals surface area contributed by atoms with Crippen molar-refractivity contribution in [2.45, 2.75) is 20.3 Å². The second kappa shape index (κ2) is 5.34. The van der Waals surface area contributed by atoms with Gasteiger partial charge in [0.05, 0.1) is 19.0 Å². The van der Waals surface area contributed by atoms with Gasteiger partial charge >= 0.3 is 0 Å². The van der Waals surface area contributed by atoms with Gasteiger partial charge in [-0.2, -0.15) is 0 Å². The number of carbonyl (C=O) groups excluding carboxylic acids is 1. The van der Waals surface area contributed by atoms with Crippen molar-refractivity contribution < 1.29 is 9.53 Å². The lowest BCUT2D eigenvalue weighted by atomic mass is 10.1. The van der Waals surface area contributed by atoms with Crippen LogP contribution in [0.15, 0.2) is 18.3 Å². The number of hydrogen-bond donors (Lipinski definition) is 1. The Morgan fingerprint density at radius 2 is 2.33 bits per heavy atom. The summed E-state index contributed by atoms with van der Waals surface area (Å²) in [6, 6.07) is 3.48. The van der Waals surface area contributed by atoms with E-state index in [0.29, 0.717) is 11.6 Å². The zero-order valence-electron chi connectivity index (χ0n) is 9.28. The van der Waals surface area contributed by atoms with E-state index in [2.05, 4.69) is 10.3 Å². The number of amides is 1. The molecule has 1 amide bonds. The summed E-state index contributed by atoms with van der Waals surface area (Å²) in [5.74, 6) is 0.577. The summed E-state index contributed by atoms with van der Waals surface area (Å²) in [7, 11) is 1.56. The van der Waals surface area contributed by atoms with Crippen molar-refractivity contribution >= 4 is 11.6 Å². The summed E-state index contributed by atoms with van der Waals surface area (Å²) < 4.78 is 4.92. The summed E-state index contributed by atoms with van der Waals surface area (Å²) in [5.41, 5.74) is 0.695. The highest BCUT2D eigenvalue weighted by Gasteiger charge is 2.10. The molecule has 0 aliphatic heterocycles. The van der Waals surface area contributed by atoms with E-state index >= 15 is 0 Å². The van der Waals surface area contributed by atoms with E-state index in [1.807, 2.05) is 13.8 Å². The number of anilines is 1. The van der Waals surface area contributed by atoms with Crippen molar-refractivity contribution in [2.75, 3.05) is 12.4 Å². The molecule has 0 fully saturated rings. The minimum atomic E-state index is 0.0180. The highest BCUT2D eigenvalue weighted by atomic mass is 16.5. The number of nitrogens with zero attached hydrogens (tertiary/aromatic N) is 1. The summed E-state index contributed by atoms with van der Waals surface area (Å²) in [6.45, 7) is 3.88. The van der Waals surface area contributed by atoms with Crippen molar-refractivity contribution in [3.63, 3.8) is 0 Å². The summed E-state index contributed by atoms with van der Waals surface area (Å²) >= 11 is 0. The molecular weight excluding hydrogens is 192 g/mol. The molecule has 0 aliphatic carbocycles. The molecule has 1 atom stereocenters. The van der Waals surface area contributed by atoms with E-state index in [0.717, 1.165) is 6.42 Å². The smallest absolute Gasteiger partial charge is 0.227 e. The van der Waals surface area contributed by atoms with Crippen LogP contribution in [0.3, 0.4) is 0 Å². The average molecular weight is 208 g/mol. The number of carbonyl (C=O) groups is 1. The van der Waals surface area contributed by atoms with Crippen LogP contribution in [0, 0.1) is 5.92 Å². The molecule has 1 aromatic rings. The second-order valence-electron chi connectivity index (χ2n) is 3.39. The number of nitrogens with one attached hydrogen (secondary N) is 1. The molecule has 0 bridgehead atoms. The van der Waals surface area contributed by atoms with Gasteiger partial charge in [-0.15, -0.1) is 0 Å². The number of pyridine rings is 1. The minimum absolute atomic E-state index is 0.0180. The molecule has 0 aliphatic rings. The molecule has 4 heteroatoms. The standard InChI is InChI=1S/C11H16N2O2/c1-4-8(2)11(14)13-9-5-6-10(15-3)12-7-9/h5-8H,4H2,1-3H3,(H,13,14). The first-order valence-corrected chi connectivity index (χ1v) is 4.98. The lowest BCUT2D eigenvalue weighted by Crippen LogP contribution is -2.19. The fourth-order valence-corrected chi connectivity index (χ4v) is 1.03. The third-order valence-corrected chi connectivity index (χ3v) is 2.27. The Hall–Kier alpha value is -1.58. The first-order valence-electron chi connectivity index (χ1n) is 4.98. The van der Waals surface area contributed by atoms with Gasteiger partial charge in [-0.3, -0.25) is 4.79 Å². The Morgan fingerprint density at radius 3 is 2.80 bits per heavy atom. The number of ether oxygens (including phenoxy) is 1. The normalized spacial score (nSPS) is 11.9. The Labute approximate surface area is 89.7 Å². The lowest BCUT2D eigenvalue weighted by molar-refractivity contribution is -0.119. The van der Waals surface area contributed by atoms with Crippen molar-refractivity contribution in [3.8, 4) is 5.88 Å². The van der Waals surface area contributed by atoms with Crippen molar-refractivity contribution in [1.82, 2.24) is 4.98 Å². The van der Waals surface area contributed by atoms with Gasteiger partial charge < -0.3 is 10.1 Å². The zero-order chi connectivity index (χ0) is 11.3. The number of aromatic nitrogens is 1. The molecule has 4 nitrogen and oxygen atoms in total. The second-order valence-corrected chi connectivity index (χ2v) is 3.39. The molecule has 0 saturated heterocycles. The van der Waals surface area contributed by atoms with E-state index in [4.69, 9.17) is 4.74 Å². The van der Waals surface area contributed by atoms with Crippen LogP contribution >= 0.6 is 0 Å². The largest absolute Gasteiger partial charge is 0.481 e. The molecule has 1 N–H and O–H groups in total. The van der Waals surface area contributed by atoms with Gasteiger partial charge in [0.2, 0.25) is 11.8 Å². The molecule has 1 aromatic heterocycles. The highest BCUT2D eigenvalue weighted by Crippen LogP contribution is 2.12. The van der Waals surface area contributed by atoms with Crippen LogP contribution in [0.1, 0.15) is 20.3 Å². The maximum absolute atomic E-state index is 11.5. The van der Waals surface area contributed by atoms with Gasteiger partial charge in [-0.05, 0) is 12.5 Å². The lowest BCUT2D eigenvalue weighted by Gasteiger charge is -2.09. The first-order chi connectivity index (χ1) is 7.17. The first kappa shape index (κ1) is 11.5. The van der Waals surface area contributed by atoms with Crippen LogP contribution in [-0.4, -0.2) is 18.0 Å². The van der Waals surface area contributed by atoms with E-state index in [9.17, 15) is 4.79 Å². The van der Waals surface area contributed by atoms with Gasteiger partial charge in [0.1, 0.15) is 0 Å². The van der Waals surface area contributed by atoms with Gasteiger partial charge in [0.25, 0.3) is 0 Å². The number of hydrogen-bond acceptors (Lipinski definition) is 3. The summed E-state index contributed by atoms with van der Waals surface area (Å²) in [4.78, 5) is 15.5. The van der Waals surface area contributed by atoms with Crippen LogP contribution in [-0.2, 0) is 4.79 Å². The third kappa shape index (κ3) is 3.23. The predicted octanol–water partition coefficient (Wildman–Crippen LogP) is 2.07. The molecule has 0 spiro atoms. The fraction of sp³-hybridized carbons (Fsp3) is 0.455. The molecular formula is C11H16N2O2. The highest BCUT2D eigenvalue weighted by molar-refractivity contribution is 5.92. The molecule has 0 saturated carbocycles. The third-order valence-electron chi connectivity index (χ3n) is 2.27. The Kier molecular flexibility index (Phi) is 4.09. The molecule has 1 rings (SSSR count). The molecule has 1 heterocycles. The van der Waals surface area contributed by atoms with Crippen LogP contribution in [0.5, 0.6) is 5.88 Å². The van der Waals surface area contributed by atoms with Crippen LogP contribution in [0.25, 0.3) is 0 Å². The Bertz CT molecular complexity index is 322. The van der Waals surface area contributed by atoms with Crippen molar-refractivity contribution in [2.24, 2.45) is 5.92 Å². The van der Waals surface area contributed by atoms with Gasteiger partial charge in [-0.1, -0.05) is 13.8 Å². The minimum Gasteiger partial charge on any atom is -0.481 e. The van der Waals surface area contributed by atoms with E-state index in [1.54, 1.807) is 25.4 Å². The quantitative estimate of drug-likeness (QED) is 0.824. The topological polar surface area (TPSA) is 51.2 Å². The molecule has 0 aromatic carbocycles. The Balaban J connectivity index is 2.61. The maximum Gasteiger partial charge on any atom is 0.227 e. The molecule has 15 heavy (non-hydrogen) atoms. The molecule has 1 unspecified atom stereocenters. The van der Waals surface area contributed by atoms with Gasteiger partial charge in [-0.25, -0.2) is 4.98 Å². The maximum atomic E-state index is 11.5. The summed E-state index contributed by atoms with van der Waals surface area (Å²) in [6.07, 6.45) is 2.41. The molecule has 0 radical (unpaired) electrons. The van der Waals surface area contributed by atoms with Crippen LogP contribution in [0.4, 0.5) is 5.69 Å². The number of rotatable bonds is 4.